The fourth-order valence-corrected chi connectivity index (χ4v) is 3.69. The molecule has 1 N–H and O–H groups in total. The van der Waals surface area contributed by atoms with Gasteiger partial charge in [0.15, 0.2) is 0 Å². The first-order valence-corrected chi connectivity index (χ1v) is 10.8. The average molecular weight is 415 g/mol. The maximum Gasteiger partial charge on any atom is 0.137 e. The van der Waals surface area contributed by atoms with E-state index in [0.717, 1.165) is 34.9 Å². The molecule has 3 rings (SSSR count). The number of allylic oxidation sites excluding steroid dienone is 5. The molecule has 2 heterocycles. The van der Waals surface area contributed by atoms with Crippen LogP contribution in [0.5, 0.6) is 0 Å². The third-order valence-electron chi connectivity index (χ3n) is 5.65. The first kappa shape index (κ1) is 22.5. The van der Waals surface area contributed by atoms with Gasteiger partial charge in [-0.25, -0.2) is 4.68 Å². The molecular formula is C27H34N4. The van der Waals surface area contributed by atoms with Crippen molar-refractivity contribution in [3.8, 4) is 0 Å². The summed E-state index contributed by atoms with van der Waals surface area (Å²) >= 11 is 0. The average Bonchev–Trinajstić information content (AvgIpc) is 3.05. The molecule has 1 unspecified atom stereocenters. The molecule has 0 fully saturated rings. The molecule has 0 saturated carbocycles. The van der Waals surface area contributed by atoms with Crippen LogP contribution in [0, 0.1) is 12.8 Å². The van der Waals surface area contributed by atoms with Crippen LogP contribution in [0.4, 0.5) is 5.82 Å². The molecule has 0 aliphatic carbocycles. The Morgan fingerprint density at radius 3 is 2.55 bits per heavy atom. The van der Waals surface area contributed by atoms with Crippen molar-refractivity contribution in [3.05, 3.63) is 83.7 Å². The maximum absolute atomic E-state index is 4.69. The Hall–Kier alpha value is -3.14. The number of nitrogens with one attached hydrogen (secondary N) is 1. The first-order chi connectivity index (χ1) is 14.6. The summed E-state index contributed by atoms with van der Waals surface area (Å²) < 4.78 is 1.84. The molecule has 1 aliphatic rings. The second-order valence-corrected chi connectivity index (χ2v) is 9.25. The summed E-state index contributed by atoms with van der Waals surface area (Å²) in [6.07, 6.45) is 8.59. The van der Waals surface area contributed by atoms with Crippen molar-refractivity contribution in [2.24, 2.45) is 10.9 Å². The van der Waals surface area contributed by atoms with E-state index in [0.29, 0.717) is 11.6 Å². The van der Waals surface area contributed by atoms with Crippen molar-refractivity contribution >= 4 is 23.4 Å². The van der Waals surface area contributed by atoms with Gasteiger partial charge in [0.05, 0.1) is 11.4 Å². The molecule has 0 radical (unpaired) electrons. The van der Waals surface area contributed by atoms with Gasteiger partial charge < -0.3 is 5.32 Å². The van der Waals surface area contributed by atoms with Crippen LogP contribution in [0.2, 0.25) is 0 Å². The fraction of sp³-hybridized carbons (Fsp3) is 0.333. The van der Waals surface area contributed by atoms with E-state index in [9.17, 15) is 0 Å². The van der Waals surface area contributed by atoms with E-state index < -0.39 is 0 Å². The number of anilines is 1. The van der Waals surface area contributed by atoms with E-state index >= 15 is 0 Å². The summed E-state index contributed by atoms with van der Waals surface area (Å²) in [5, 5.41) is 8.28. The number of nitrogens with zero attached hydrogens (tertiary/aromatic N) is 3. The monoisotopic (exact) mass is 414 g/mol. The number of aromatic nitrogens is 2. The van der Waals surface area contributed by atoms with Gasteiger partial charge in [-0.2, -0.15) is 5.10 Å². The van der Waals surface area contributed by atoms with E-state index in [2.05, 4.69) is 81.5 Å². The largest absolute Gasteiger partial charge is 0.343 e. The molecule has 4 heteroatoms. The summed E-state index contributed by atoms with van der Waals surface area (Å²) in [4.78, 5) is 4.39. The zero-order chi connectivity index (χ0) is 22.8. The molecule has 0 bridgehead atoms. The third kappa shape index (κ3) is 4.96. The number of rotatable bonds is 6. The molecule has 0 saturated heterocycles. The smallest absolute Gasteiger partial charge is 0.137 e. The highest BCUT2D eigenvalue weighted by atomic mass is 15.4. The molecule has 0 amide bonds. The Morgan fingerprint density at radius 2 is 1.94 bits per heavy atom. The van der Waals surface area contributed by atoms with Gasteiger partial charge in [-0.3, -0.25) is 4.99 Å². The van der Waals surface area contributed by atoms with Crippen LogP contribution in [0.1, 0.15) is 57.0 Å². The second-order valence-electron chi connectivity index (χ2n) is 9.25. The second kappa shape index (κ2) is 8.93. The molecule has 2 aromatic rings. The van der Waals surface area contributed by atoms with E-state index in [1.807, 2.05) is 30.7 Å². The number of benzene rings is 1. The summed E-state index contributed by atoms with van der Waals surface area (Å²) in [5.41, 5.74) is 7.30. The summed E-state index contributed by atoms with van der Waals surface area (Å²) in [7, 11) is 0. The van der Waals surface area contributed by atoms with Crippen molar-refractivity contribution in [2.75, 3.05) is 5.32 Å². The molecule has 31 heavy (non-hydrogen) atoms. The van der Waals surface area contributed by atoms with Gasteiger partial charge in [0, 0.05) is 23.4 Å². The Bertz CT molecular complexity index is 1070. The summed E-state index contributed by atoms with van der Waals surface area (Å²) in [5.74, 6) is 1.26. The molecule has 4 nitrogen and oxygen atoms in total. The van der Waals surface area contributed by atoms with Crippen LogP contribution < -0.4 is 5.32 Å². The van der Waals surface area contributed by atoms with Crippen LogP contribution in [0.15, 0.2) is 66.3 Å². The maximum atomic E-state index is 4.69. The molecule has 1 aromatic carbocycles. The summed E-state index contributed by atoms with van der Waals surface area (Å²) in [6.45, 7) is 21.3. The number of aliphatic imine (C=N–C) groups is 1. The predicted molar refractivity (Wildman–Crippen MR) is 134 cm³/mol. The summed E-state index contributed by atoms with van der Waals surface area (Å²) in [6, 6.07) is 8.98. The zero-order valence-corrected chi connectivity index (χ0v) is 19.7. The van der Waals surface area contributed by atoms with Gasteiger partial charge >= 0.3 is 0 Å². The number of hydrogen-bond acceptors (Lipinski definition) is 3. The highest BCUT2D eigenvalue weighted by molar-refractivity contribution is 5.81. The molecular weight excluding hydrogens is 380 g/mol. The molecule has 1 aromatic heterocycles. The van der Waals surface area contributed by atoms with Crippen LogP contribution in [-0.4, -0.2) is 16.0 Å². The van der Waals surface area contributed by atoms with E-state index in [4.69, 9.17) is 5.10 Å². The molecule has 1 aliphatic heterocycles. The van der Waals surface area contributed by atoms with Gasteiger partial charge in [-0.15, -0.1) is 0 Å². The quantitative estimate of drug-likeness (QED) is 0.530. The minimum Gasteiger partial charge on any atom is -0.343 e. The Kier molecular flexibility index (Phi) is 6.49. The number of hydrogen-bond donors (Lipinski definition) is 1. The van der Waals surface area contributed by atoms with Crippen LogP contribution in [0.3, 0.4) is 0 Å². The van der Waals surface area contributed by atoms with Gasteiger partial charge in [-0.05, 0) is 49.0 Å². The molecule has 0 spiro atoms. The van der Waals surface area contributed by atoms with Crippen molar-refractivity contribution < 1.29 is 0 Å². The van der Waals surface area contributed by atoms with E-state index in [1.54, 1.807) is 6.21 Å². The predicted octanol–water partition coefficient (Wildman–Crippen LogP) is 6.77. The third-order valence-corrected chi connectivity index (χ3v) is 5.65. The Labute approximate surface area is 186 Å². The molecule has 162 valence electrons. The standard InChI is InChI=1S/C27H34N4/c1-9-10-15-28-21(5)25-20(4)26-29-24(17-19(3)31(26)30-25)18(2)16-22-11-13-23(14-12-22)27(6,7)8/h9-15,17-18,29H,3,5,16H2,1-2,4,6-8H3/b10-9-,28-15?. The van der Waals surface area contributed by atoms with E-state index in [1.165, 1.54) is 11.1 Å². The highest BCUT2D eigenvalue weighted by Gasteiger charge is 2.24. The lowest BCUT2D eigenvalue weighted by Gasteiger charge is -2.24. The minimum absolute atomic E-state index is 0.170. The van der Waals surface area contributed by atoms with Gasteiger partial charge in [0.2, 0.25) is 0 Å². The van der Waals surface area contributed by atoms with Crippen molar-refractivity contribution in [2.45, 2.75) is 53.4 Å². The Morgan fingerprint density at radius 1 is 1.26 bits per heavy atom. The van der Waals surface area contributed by atoms with Crippen LogP contribution in [-0.2, 0) is 11.8 Å². The highest BCUT2D eigenvalue weighted by Crippen LogP contribution is 2.34. The minimum atomic E-state index is 0.170. The SMILES string of the molecule is C=C(N=C/C=C\C)c1nn2c(c1C)NC(C(C)Cc1ccc(C(C)(C)C)cc1)=CC2=C. The normalized spacial score (nSPS) is 15.2. The fourth-order valence-electron chi connectivity index (χ4n) is 3.69. The van der Waals surface area contributed by atoms with Gasteiger partial charge in [-0.1, -0.05) is 71.2 Å². The topological polar surface area (TPSA) is 42.2 Å². The Balaban J connectivity index is 1.78. The number of fused-ring (bicyclic) bond motifs is 1. The van der Waals surface area contributed by atoms with Crippen LogP contribution in [0.25, 0.3) is 11.4 Å². The van der Waals surface area contributed by atoms with E-state index in [-0.39, 0.29) is 5.41 Å². The lowest BCUT2D eigenvalue weighted by atomic mass is 9.86. The lowest BCUT2D eigenvalue weighted by molar-refractivity contribution is 0.589. The van der Waals surface area contributed by atoms with Gasteiger partial charge in [0.25, 0.3) is 0 Å². The van der Waals surface area contributed by atoms with Gasteiger partial charge in [0.1, 0.15) is 11.5 Å². The zero-order valence-electron chi connectivity index (χ0n) is 19.7. The van der Waals surface area contributed by atoms with Crippen molar-refractivity contribution in [1.82, 2.24) is 9.78 Å². The molecule has 1 atom stereocenters. The van der Waals surface area contributed by atoms with Crippen molar-refractivity contribution in [1.29, 1.82) is 0 Å². The van der Waals surface area contributed by atoms with Crippen LogP contribution >= 0.6 is 0 Å². The first-order valence-electron chi connectivity index (χ1n) is 10.8. The lowest BCUT2D eigenvalue weighted by Crippen LogP contribution is -2.19. The van der Waals surface area contributed by atoms with Crippen molar-refractivity contribution in [3.63, 3.8) is 0 Å².